The summed E-state index contributed by atoms with van der Waals surface area (Å²) in [6.07, 6.45) is 3.39. The maximum absolute atomic E-state index is 12.6. The number of benzene rings is 2. The molecular formula is C19H20F2N2O3S. The van der Waals surface area contributed by atoms with Gasteiger partial charge in [-0.25, -0.2) is 8.42 Å². The number of alkyl halides is 2. The summed E-state index contributed by atoms with van der Waals surface area (Å²) in [6.45, 7) is 1.85. The lowest BCUT2D eigenvalue weighted by Gasteiger charge is -2.30. The number of nitrogens with one attached hydrogen (secondary N) is 1. The van der Waals surface area contributed by atoms with Crippen LogP contribution in [0.1, 0.15) is 29.6 Å². The van der Waals surface area contributed by atoms with Gasteiger partial charge in [0.2, 0.25) is 9.84 Å². The van der Waals surface area contributed by atoms with Crippen LogP contribution in [0.3, 0.4) is 0 Å². The van der Waals surface area contributed by atoms with Gasteiger partial charge < -0.3 is 10.2 Å². The molecule has 1 heterocycles. The zero-order valence-electron chi connectivity index (χ0n) is 14.6. The van der Waals surface area contributed by atoms with Crippen LogP contribution in [0, 0.1) is 0 Å². The Morgan fingerprint density at radius 3 is 2.22 bits per heavy atom. The number of hydrogen-bond donors (Lipinski definition) is 1. The third-order valence-corrected chi connectivity index (χ3v) is 5.93. The Morgan fingerprint density at radius 2 is 1.59 bits per heavy atom. The number of rotatable bonds is 5. The van der Waals surface area contributed by atoms with Gasteiger partial charge in [0.25, 0.3) is 5.91 Å². The molecular weight excluding hydrogens is 374 g/mol. The van der Waals surface area contributed by atoms with E-state index in [9.17, 15) is 22.0 Å². The lowest BCUT2D eigenvalue weighted by atomic mass is 10.1. The summed E-state index contributed by atoms with van der Waals surface area (Å²) in [5.74, 6) is -3.92. The second-order valence-electron chi connectivity index (χ2n) is 6.35. The molecule has 1 saturated heterocycles. The second kappa shape index (κ2) is 8.04. The summed E-state index contributed by atoms with van der Waals surface area (Å²) >= 11 is 0. The Labute approximate surface area is 156 Å². The van der Waals surface area contributed by atoms with Crippen molar-refractivity contribution in [1.29, 1.82) is 0 Å². The van der Waals surface area contributed by atoms with E-state index in [2.05, 4.69) is 10.2 Å². The Hall–Kier alpha value is -2.48. The fraction of sp³-hybridized carbons (Fsp3) is 0.316. The number of nitrogens with zero attached hydrogens (tertiary/aromatic N) is 1. The van der Waals surface area contributed by atoms with Crippen molar-refractivity contribution in [1.82, 2.24) is 0 Å². The molecule has 0 spiro atoms. The Bertz CT molecular complexity index is 909. The van der Waals surface area contributed by atoms with Gasteiger partial charge in [-0.3, -0.25) is 4.79 Å². The number of carbonyl (C=O) groups is 1. The standard InChI is InChI=1S/C19H20F2N2O3S/c20-19(21)27(25,26)15-10-8-14(9-11-15)18(24)22-16-6-2-3-7-17(16)23-12-4-1-5-13-23/h2-3,6-11,19H,1,4-5,12-13H2,(H,22,24). The van der Waals surface area contributed by atoms with Crippen LogP contribution in [-0.2, 0) is 9.84 Å². The number of para-hydroxylation sites is 2. The molecule has 27 heavy (non-hydrogen) atoms. The molecule has 0 aromatic heterocycles. The first kappa shape index (κ1) is 19.3. The monoisotopic (exact) mass is 394 g/mol. The molecule has 144 valence electrons. The lowest BCUT2D eigenvalue weighted by molar-refractivity contribution is 0.102. The molecule has 0 bridgehead atoms. The third-order valence-electron chi connectivity index (χ3n) is 4.53. The summed E-state index contributed by atoms with van der Waals surface area (Å²) in [5.41, 5.74) is 1.78. The fourth-order valence-electron chi connectivity index (χ4n) is 3.08. The highest BCUT2D eigenvalue weighted by molar-refractivity contribution is 7.91. The highest BCUT2D eigenvalue weighted by Gasteiger charge is 2.26. The number of halogens is 2. The van der Waals surface area contributed by atoms with Crippen molar-refractivity contribution in [2.24, 2.45) is 0 Å². The van der Waals surface area contributed by atoms with Gasteiger partial charge in [0, 0.05) is 18.7 Å². The summed E-state index contributed by atoms with van der Waals surface area (Å²) < 4.78 is 48.1. The topological polar surface area (TPSA) is 66.5 Å². The van der Waals surface area contributed by atoms with Gasteiger partial charge in [-0.05, 0) is 55.7 Å². The van der Waals surface area contributed by atoms with Crippen molar-refractivity contribution in [2.75, 3.05) is 23.3 Å². The molecule has 8 heteroatoms. The molecule has 2 aromatic carbocycles. The first-order chi connectivity index (χ1) is 12.9. The summed E-state index contributed by atoms with van der Waals surface area (Å²) in [6, 6.07) is 12.0. The van der Waals surface area contributed by atoms with E-state index in [1.807, 2.05) is 18.2 Å². The summed E-state index contributed by atoms with van der Waals surface area (Å²) in [5, 5.41) is 2.83. The smallest absolute Gasteiger partial charge is 0.341 e. The van der Waals surface area contributed by atoms with Crippen LogP contribution in [0.25, 0.3) is 0 Å². The average molecular weight is 394 g/mol. The molecule has 1 N–H and O–H groups in total. The van der Waals surface area contributed by atoms with Gasteiger partial charge >= 0.3 is 5.76 Å². The molecule has 0 aliphatic carbocycles. The van der Waals surface area contributed by atoms with Crippen molar-refractivity contribution < 1.29 is 22.0 Å². The minimum atomic E-state index is -4.67. The number of hydrogen-bond acceptors (Lipinski definition) is 4. The van der Waals surface area contributed by atoms with Gasteiger partial charge in [0.15, 0.2) is 0 Å². The molecule has 1 aliphatic rings. The molecule has 1 aliphatic heterocycles. The van der Waals surface area contributed by atoms with E-state index in [0.717, 1.165) is 43.8 Å². The number of anilines is 2. The van der Waals surface area contributed by atoms with Crippen molar-refractivity contribution in [2.45, 2.75) is 29.9 Å². The highest BCUT2D eigenvalue weighted by Crippen LogP contribution is 2.28. The molecule has 1 fully saturated rings. The van der Waals surface area contributed by atoms with Crippen LogP contribution in [0.4, 0.5) is 20.2 Å². The summed E-state index contributed by atoms with van der Waals surface area (Å²) in [4.78, 5) is 14.2. The zero-order valence-corrected chi connectivity index (χ0v) is 15.4. The maximum atomic E-state index is 12.6. The fourth-order valence-corrected chi connectivity index (χ4v) is 3.80. The number of carbonyl (C=O) groups excluding carboxylic acids is 1. The quantitative estimate of drug-likeness (QED) is 0.835. The predicted molar refractivity (Wildman–Crippen MR) is 100 cm³/mol. The van der Waals surface area contributed by atoms with Crippen molar-refractivity contribution in [3.63, 3.8) is 0 Å². The van der Waals surface area contributed by atoms with Gasteiger partial charge in [-0.1, -0.05) is 12.1 Å². The van der Waals surface area contributed by atoms with E-state index >= 15 is 0 Å². The van der Waals surface area contributed by atoms with Crippen molar-refractivity contribution in [3.8, 4) is 0 Å². The Morgan fingerprint density at radius 1 is 0.963 bits per heavy atom. The maximum Gasteiger partial charge on any atom is 0.341 e. The molecule has 0 unspecified atom stereocenters. The molecule has 0 atom stereocenters. The number of amides is 1. The van der Waals surface area contributed by atoms with Gasteiger partial charge in [-0.15, -0.1) is 0 Å². The van der Waals surface area contributed by atoms with E-state index in [-0.39, 0.29) is 5.56 Å². The van der Waals surface area contributed by atoms with Crippen LogP contribution in [0.2, 0.25) is 0 Å². The van der Waals surface area contributed by atoms with E-state index < -0.39 is 26.4 Å². The molecule has 2 aromatic rings. The third kappa shape index (κ3) is 4.27. The minimum absolute atomic E-state index is 0.191. The van der Waals surface area contributed by atoms with Crippen LogP contribution in [0.15, 0.2) is 53.4 Å². The molecule has 0 radical (unpaired) electrons. The van der Waals surface area contributed by atoms with Gasteiger partial charge in [0.1, 0.15) is 0 Å². The SMILES string of the molecule is O=C(Nc1ccccc1N1CCCCC1)c1ccc(S(=O)(=O)C(F)F)cc1. The largest absolute Gasteiger partial charge is 0.370 e. The van der Waals surface area contributed by atoms with E-state index in [1.165, 1.54) is 18.6 Å². The molecule has 0 saturated carbocycles. The van der Waals surface area contributed by atoms with E-state index in [0.29, 0.717) is 5.69 Å². The van der Waals surface area contributed by atoms with Crippen LogP contribution >= 0.6 is 0 Å². The van der Waals surface area contributed by atoms with Crippen LogP contribution in [-0.4, -0.2) is 33.2 Å². The highest BCUT2D eigenvalue weighted by atomic mass is 32.2. The van der Waals surface area contributed by atoms with Crippen LogP contribution < -0.4 is 10.2 Å². The first-order valence-corrected chi connectivity index (χ1v) is 10.2. The van der Waals surface area contributed by atoms with E-state index in [4.69, 9.17) is 0 Å². The Balaban J connectivity index is 1.78. The van der Waals surface area contributed by atoms with Crippen molar-refractivity contribution in [3.05, 3.63) is 54.1 Å². The normalized spacial score (nSPS) is 15.0. The zero-order chi connectivity index (χ0) is 19.4. The molecule has 5 nitrogen and oxygen atoms in total. The lowest BCUT2D eigenvalue weighted by Crippen LogP contribution is -2.30. The number of sulfone groups is 1. The minimum Gasteiger partial charge on any atom is -0.370 e. The van der Waals surface area contributed by atoms with Crippen molar-refractivity contribution >= 4 is 27.1 Å². The molecule has 1 amide bonds. The number of piperidine rings is 1. The van der Waals surface area contributed by atoms with Gasteiger partial charge in [0.05, 0.1) is 16.3 Å². The summed E-state index contributed by atoms with van der Waals surface area (Å²) in [7, 11) is -4.67. The van der Waals surface area contributed by atoms with Gasteiger partial charge in [-0.2, -0.15) is 8.78 Å². The predicted octanol–water partition coefficient (Wildman–Crippen LogP) is 3.93. The second-order valence-corrected chi connectivity index (χ2v) is 8.27. The van der Waals surface area contributed by atoms with E-state index in [1.54, 1.807) is 6.07 Å². The molecule has 3 rings (SSSR count). The first-order valence-electron chi connectivity index (χ1n) is 8.67. The van der Waals surface area contributed by atoms with Crippen LogP contribution in [0.5, 0.6) is 0 Å². The average Bonchev–Trinajstić information content (AvgIpc) is 2.69. The Kier molecular flexibility index (Phi) is 5.74.